The van der Waals surface area contributed by atoms with Gasteiger partial charge in [0, 0.05) is 21.9 Å². The van der Waals surface area contributed by atoms with E-state index in [1.165, 1.54) is 17.8 Å². The molecule has 0 radical (unpaired) electrons. The molecule has 0 aliphatic rings. The first kappa shape index (κ1) is 14.0. The SMILES string of the molecule is NCc1nnc(SCc2ccc(Br)cc2[N+](=O)[O-])o1. The van der Waals surface area contributed by atoms with E-state index in [1.54, 1.807) is 12.1 Å². The van der Waals surface area contributed by atoms with Gasteiger partial charge in [-0.05, 0) is 6.07 Å². The van der Waals surface area contributed by atoms with Crippen LogP contribution in [0, 0.1) is 10.1 Å². The number of rotatable bonds is 5. The number of nitrogens with zero attached hydrogens (tertiary/aromatic N) is 3. The zero-order chi connectivity index (χ0) is 13.8. The lowest BCUT2D eigenvalue weighted by Gasteiger charge is -2.01. The summed E-state index contributed by atoms with van der Waals surface area (Å²) in [5, 5.41) is 18.8. The van der Waals surface area contributed by atoms with Crippen molar-refractivity contribution in [2.75, 3.05) is 0 Å². The van der Waals surface area contributed by atoms with Crippen molar-refractivity contribution in [1.29, 1.82) is 0 Å². The van der Waals surface area contributed by atoms with E-state index in [9.17, 15) is 10.1 Å². The van der Waals surface area contributed by atoms with Gasteiger partial charge in [-0.15, -0.1) is 10.2 Å². The van der Waals surface area contributed by atoms with Crippen LogP contribution in [0.2, 0.25) is 0 Å². The Bertz CT molecular complexity index is 604. The number of benzene rings is 1. The van der Waals surface area contributed by atoms with E-state index in [1.807, 2.05) is 0 Å². The van der Waals surface area contributed by atoms with Gasteiger partial charge in [-0.1, -0.05) is 33.8 Å². The van der Waals surface area contributed by atoms with Gasteiger partial charge >= 0.3 is 0 Å². The van der Waals surface area contributed by atoms with E-state index in [-0.39, 0.29) is 12.2 Å². The number of nitro groups is 1. The number of hydrogen-bond donors (Lipinski definition) is 1. The van der Waals surface area contributed by atoms with Crippen molar-refractivity contribution in [3.8, 4) is 0 Å². The Morgan fingerprint density at radius 3 is 2.89 bits per heavy atom. The zero-order valence-electron chi connectivity index (χ0n) is 9.58. The second-order valence-electron chi connectivity index (χ2n) is 3.48. The maximum atomic E-state index is 10.9. The summed E-state index contributed by atoms with van der Waals surface area (Å²) in [5.41, 5.74) is 6.00. The van der Waals surface area contributed by atoms with E-state index >= 15 is 0 Å². The van der Waals surface area contributed by atoms with Gasteiger partial charge in [0.2, 0.25) is 5.89 Å². The molecule has 9 heteroatoms. The van der Waals surface area contributed by atoms with Gasteiger partial charge in [0.15, 0.2) is 0 Å². The number of hydrogen-bond acceptors (Lipinski definition) is 7. The fraction of sp³-hybridized carbons (Fsp3) is 0.200. The molecule has 0 saturated carbocycles. The highest BCUT2D eigenvalue weighted by atomic mass is 79.9. The highest BCUT2D eigenvalue weighted by molar-refractivity contribution is 9.10. The van der Waals surface area contributed by atoms with Crippen molar-refractivity contribution in [1.82, 2.24) is 10.2 Å². The summed E-state index contributed by atoms with van der Waals surface area (Å²) in [6, 6.07) is 4.91. The lowest BCUT2D eigenvalue weighted by molar-refractivity contribution is -0.385. The average molecular weight is 345 g/mol. The van der Waals surface area contributed by atoms with Crippen LogP contribution in [0.3, 0.4) is 0 Å². The van der Waals surface area contributed by atoms with Crippen LogP contribution in [-0.2, 0) is 12.3 Å². The fourth-order valence-electron chi connectivity index (χ4n) is 1.35. The molecular formula is C10H9BrN4O3S. The van der Waals surface area contributed by atoms with E-state index < -0.39 is 4.92 Å². The third-order valence-electron chi connectivity index (χ3n) is 2.22. The van der Waals surface area contributed by atoms with Crippen molar-refractivity contribution >= 4 is 33.4 Å². The number of aromatic nitrogens is 2. The summed E-state index contributed by atoms with van der Waals surface area (Å²) in [6.45, 7) is 0.173. The molecule has 0 amide bonds. The van der Waals surface area contributed by atoms with Gasteiger partial charge in [-0.25, -0.2) is 0 Å². The van der Waals surface area contributed by atoms with E-state index in [4.69, 9.17) is 10.2 Å². The zero-order valence-corrected chi connectivity index (χ0v) is 12.0. The first-order chi connectivity index (χ1) is 9.10. The predicted molar refractivity (Wildman–Crippen MR) is 72.5 cm³/mol. The molecule has 0 aliphatic heterocycles. The highest BCUT2D eigenvalue weighted by Crippen LogP contribution is 2.29. The second kappa shape index (κ2) is 6.13. The smallest absolute Gasteiger partial charge is 0.276 e. The molecule has 2 N–H and O–H groups in total. The lowest BCUT2D eigenvalue weighted by atomic mass is 10.2. The quantitative estimate of drug-likeness (QED) is 0.504. The van der Waals surface area contributed by atoms with Crippen LogP contribution in [0.5, 0.6) is 0 Å². The fourth-order valence-corrected chi connectivity index (χ4v) is 2.47. The molecule has 0 fully saturated rings. The molecule has 7 nitrogen and oxygen atoms in total. The number of nitrogens with two attached hydrogens (primary N) is 1. The summed E-state index contributed by atoms with van der Waals surface area (Å²) in [6.07, 6.45) is 0. The highest BCUT2D eigenvalue weighted by Gasteiger charge is 2.15. The minimum absolute atomic E-state index is 0.0560. The summed E-state index contributed by atoms with van der Waals surface area (Å²) in [7, 11) is 0. The van der Waals surface area contributed by atoms with Gasteiger partial charge in [0.1, 0.15) is 0 Å². The van der Waals surface area contributed by atoms with Crippen molar-refractivity contribution in [2.45, 2.75) is 17.5 Å². The molecule has 2 rings (SSSR count). The third-order valence-corrected chi connectivity index (χ3v) is 3.58. The second-order valence-corrected chi connectivity index (χ2v) is 5.33. The number of thioether (sulfide) groups is 1. The molecule has 100 valence electrons. The van der Waals surface area contributed by atoms with Crippen LogP contribution in [0.4, 0.5) is 5.69 Å². The summed E-state index contributed by atoms with van der Waals surface area (Å²) < 4.78 is 5.88. The van der Waals surface area contributed by atoms with Gasteiger partial charge in [0.05, 0.1) is 11.5 Å². The Labute approximate surface area is 120 Å². The van der Waals surface area contributed by atoms with Crippen LogP contribution in [0.1, 0.15) is 11.5 Å². The maximum Gasteiger partial charge on any atom is 0.276 e. The van der Waals surface area contributed by atoms with Gasteiger partial charge in [-0.2, -0.15) is 0 Å². The summed E-state index contributed by atoms with van der Waals surface area (Å²) in [4.78, 5) is 10.5. The van der Waals surface area contributed by atoms with Crippen molar-refractivity contribution in [2.24, 2.45) is 5.73 Å². The van der Waals surface area contributed by atoms with Gasteiger partial charge in [0.25, 0.3) is 10.9 Å². The number of halogens is 1. The molecule has 1 heterocycles. The molecule has 0 saturated heterocycles. The normalized spacial score (nSPS) is 10.6. The molecule has 19 heavy (non-hydrogen) atoms. The maximum absolute atomic E-state index is 10.9. The largest absolute Gasteiger partial charge is 0.415 e. The number of nitro benzene ring substituents is 1. The van der Waals surface area contributed by atoms with Crippen LogP contribution in [-0.4, -0.2) is 15.1 Å². The summed E-state index contributed by atoms with van der Waals surface area (Å²) >= 11 is 4.44. The summed E-state index contributed by atoms with van der Waals surface area (Å²) in [5.74, 6) is 0.711. The van der Waals surface area contributed by atoms with Crippen molar-refractivity contribution < 1.29 is 9.34 Å². The van der Waals surface area contributed by atoms with Crippen molar-refractivity contribution in [3.05, 3.63) is 44.2 Å². The molecule has 2 aromatic rings. The van der Waals surface area contributed by atoms with Crippen molar-refractivity contribution in [3.63, 3.8) is 0 Å². The Morgan fingerprint density at radius 1 is 1.47 bits per heavy atom. The molecule has 0 bridgehead atoms. The molecule has 0 atom stereocenters. The van der Waals surface area contributed by atoms with Crippen LogP contribution in [0.25, 0.3) is 0 Å². The van der Waals surface area contributed by atoms with Crippen LogP contribution < -0.4 is 5.73 Å². The lowest BCUT2D eigenvalue weighted by Crippen LogP contribution is -1.95. The van der Waals surface area contributed by atoms with Gasteiger partial charge in [-0.3, -0.25) is 10.1 Å². The first-order valence-electron chi connectivity index (χ1n) is 5.18. The average Bonchev–Trinajstić information content (AvgIpc) is 2.85. The topological polar surface area (TPSA) is 108 Å². The molecule has 0 aliphatic carbocycles. The molecule has 0 unspecified atom stereocenters. The Morgan fingerprint density at radius 2 is 2.26 bits per heavy atom. The van der Waals surface area contributed by atoms with E-state index in [2.05, 4.69) is 26.1 Å². The van der Waals surface area contributed by atoms with Crippen LogP contribution >= 0.6 is 27.7 Å². The standard InChI is InChI=1S/C10H9BrN4O3S/c11-7-2-1-6(8(3-7)15(16)17)5-19-10-14-13-9(4-12)18-10/h1-3H,4-5,12H2. The van der Waals surface area contributed by atoms with Gasteiger partial charge < -0.3 is 10.2 Å². The minimum Gasteiger partial charge on any atom is -0.415 e. The first-order valence-corrected chi connectivity index (χ1v) is 6.96. The van der Waals surface area contributed by atoms with E-state index in [0.717, 1.165) is 0 Å². The monoisotopic (exact) mass is 344 g/mol. The Hall–Kier alpha value is -1.45. The third kappa shape index (κ3) is 3.52. The molecule has 1 aromatic carbocycles. The molecule has 0 spiro atoms. The Kier molecular flexibility index (Phi) is 4.51. The van der Waals surface area contributed by atoms with Crippen LogP contribution in [0.15, 0.2) is 32.3 Å². The minimum atomic E-state index is -0.417. The Balaban J connectivity index is 2.12. The molecule has 1 aromatic heterocycles. The predicted octanol–water partition coefficient (Wildman–Crippen LogP) is 2.49. The van der Waals surface area contributed by atoms with E-state index in [0.29, 0.717) is 26.9 Å². The molecular weight excluding hydrogens is 336 g/mol.